The summed E-state index contributed by atoms with van der Waals surface area (Å²) in [6.45, 7) is -0.300. The highest BCUT2D eigenvalue weighted by atomic mass is 79.9. The summed E-state index contributed by atoms with van der Waals surface area (Å²) in [4.78, 5) is 23.2. The van der Waals surface area contributed by atoms with Gasteiger partial charge in [0.15, 0.2) is 18.1 Å². The van der Waals surface area contributed by atoms with Crippen LogP contribution in [0.3, 0.4) is 0 Å². The first-order valence-electron chi connectivity index (χ1n) is 6.76. The molecule has 8 heteroatoms. The first kappa shape index (κ1) is 18.1. The van der Waals surface area contributed by atoms with E-state index in [2.05, 4.69) is 21.2 Å². The molecule has 0 spiro atoms. The van der Waals surface area contributed by atoms with Gasteiger partial charge in [0.05, 0.1) is 17.7 Å². The molecule has 0 unspecified atom stereocenters. The fourth-order valence-corrected chi connectivity index (χ4v) is 2.45. The summed E-state index contributed by atoms with van der Waals surface area (Å²) in [7, 11) is 1.46. The molecular weight excluding hydrogens is 400 g/mol. The minimum absolute atomic E-state index is 0.287. The lowest BCUT2D eigenvalue weighted by molar-refractivity contribution is -0.119. The molecule has 0 aliphatic carbocycles. The van der Waals surface area contributed by atoms with E-state index in [0.717, 1.165) is 4.47 Å². The van der Waals surface area contributed by atoms with Crippen LogP contribution in [0.25, 0.3) is 0 Å². The van der Waals surface area contributed by atoms with Crippen LogP contribution < -0.4 is 20.5 Å². The van der Waals surface area contributed by atoms with Gasteiger partial charge in [0.25, 0.3) is 11.8 Å². The van der Waals surface area contributed by atoms with Crippen LogP contribution in [0.4, 0.5) is 5.69 Å². The Morgan fingerprint density at radius 3 is 2.62 bits per heavy atom. The Morgan fingerprint density at radius 1 is 1.21 bits per heavy atom. The summed E-state index contributed by atoms with van der Waals surface area (Å²) >= 11 is 9.34. The predicted molar refractivity (Wildman–Crippen MR) is 94.8 cm³/mol. The van der Waals surface area contributed by atoms with Gasteiger partial charge in [-0.05, 0) is 30.3 Å². The smallest absolute Gasteiger partial charge is 0.257 e. The Kier molecular flexibility index (Phi) is 6.05. The summed E-state index contributed by atoms with van der Waals surface area (Å²) in [5, 5.41) is 3.04. The molecule has 2 rings (SSSR count). The minimum Gasteiger partial charge on any atom is -0.493 e. The van der Waals surface area contributed by atoms with Crippen molar-refractivity contribution in [3.63, 3.8) is 0 Å². The molecule has 126 valence electrons. The van der Waals surface area contributed by atoms with Crippen LogP contribution in [0.2, 0.25) is 5.02 Å². The monoisotopic (exact) mass is 412 g/mol. The minimum atomic E-state index is -0.618. The number of methoxy groups -OCH3 is 1. The van der Waals surface area contributed by atoms with Crippen molar-refractivity contribution in [3.8, 4) is 11.5 Å². The Labute approximate surface area is 152 Å². The first-order chi connectivity index (χ1) is 11.4. The lowest BCUT2D eigenvalue weighted by atomic mass is 10.2. The maximum Gasteiger partial charge on any atom is 0.257 e. The Hall–Kier alpha value is -2.25. The van der Waals surface area contributed by atoms with Crippen LogP contribution in [-0.2, 0) is 4.79 Å². The largest absolute Gasteiger partial charge is 0.493 e. The van der Waals surface area contributed by atoms with E-state index in [1.165, 1.54) is 13.2 Å². The van der Waals surface area contributed by atoms with E-state index in [-0.39, 0.29) is 18.3 Å². The second-order valence-electron chi connectivity index (χ2n) is 4.70. The van der Waals surface area contributed by atoms with Crippen LogP contribution in [0.15, 0.2) is 40.9 Å². The van der Waals surface area contributed by atoms with Crippen molar-refractivity contribution in [2.75, 3.05) is 19.0 Å². The van der Waals surface area contributed by atoms with Gasteiger partial charge in [-0.25, -0.2) is 0 Å². The molecule has 2 aromatic rings. The molecule has 2 amide bonds. The van der Waals surface area contributed by atoms with E-state index in [9.17, 15) is 9.59 Å². The van der Waals surface area contributed by atoms with E-state index < -0.39 is 5.91 Å². The highest BCUT2D eigenvalue weighted by Crippen LogP contribution is 2.31. The van der Waals surface area contributed by atoms with Gasteiger partial charge >= 0.3 is 0 Å². The van der Waals surface area contributed by atoms with E-state index in [1.807, 2.05) is 0 Å². The molecule has 0 heterocycles. The molecule has 0 atom stereocenters. The number of ether oxygens (including phenoxy) is 2. The maximum atomic E-state index is 12.4. The van der Waals surface area contributed by atoms with Crippen molar-refractivity contribution in [2.45, 2.75) is 0 Å². The fraction of sp³-hybridized carbons (Fsp3) is 0.125. The maximum absolute atomic E-state index is 12.4. The van der Waals surface area contributed by atoms with Crippen LogP contribution in [0.1, 0.15) is 10.4 Å². The Bertz CT molecular complexity index is 783. The Morgan fingerprint density at radius 2 is 1.96 bits per heavy atom. The number of amides is 2. The zero-order valence-electron chi connectivity index (χ0n) is 12.6. The number of nitrogens with one attached hydrogen (secondary N) is 1. The van der Waals surface area contributed by atoms with Crippen molar-refractivity contribution in [1.29, 1.82) is 0 Å². The van der Waals surface area contributed by atoms with Gasteiger partial charge in [-0.3, -0.25) is 9.59 Å². The van der Waals surface area contributed by atoms with Crippen molar-refractivity contribution in [3.05, 3.63) is 51.5 Å². The number of halogens is 2. The van der Waals surface area contributed by atoms with Crippen molar-refractivity contribution < 1.29 is 19.1 Å². The van der Waals surface area contributed by atoms with E-state index >= 15 is 0 Å². The molecule has 0 saturated carbocycles. The molecule has 0 saturated heterocycles. The molecule has 0 bridgehead atoms. The average Bonchev–Trinajstić information content (AvgIpc) is 2.55. The number of hydrogen-bond donors (Lipinski definition) is 2. The number of hydrogen-bond acceptors (Lipinski definition) is 4. The molecule has 0 aliphatic heterocycles. The molecule has 0 aliphatic rings. The number of carbonyl (C=O) groups is 2. The fourth-order valence-electron chi connectivity index (χ4n) is 1.89. The third kappa shape index (κ3) is 4.62. The SMILES string of the molecule is COc1ccc(NC(=O)c2cc(Br)ccc2Cl)cc1OCC(N)=O. The van der Waals surface area contributed by atoms with Gasteiger partial charge in [-0.15, -0.1) is 0 Å². The third-order valence-electron chi connectivity index (χ3n) is 2.96. The normalized spacial score (nSPS) is 10.1. The molecule has 6 nitrogen and oxygen atoms in total. The number of anilines is 1. The highest BCUT2D eigenvalue weighted by molar-refractivity contribution is 9.10. The van der Waals surface area contributed by atoms with E-state index in [1.54, 1.807) is 30.3 Å². The zero-order valence-corrected chi connectivity index (χ0v) is 15.0. The van der Waals surface area contributed by atoms with Gasteiger partial charge in [-0.2, -0.15) is 0 Å². The van der Waals surface area contributed by atoms with Crippen molar-refractivity contribution >= 4 is 45.0 Å². The number of carbonyl (C=O) groups excluding carboxylic acids is 2. The topological polar surface area (TPSA) is 90.7 Å². The van der Waals surface area contributed by atoms with Crippen molar-refractivity contribution in [1.82, 2.24) is 0 Å². The number of benzene rings is 2. The predicted octanol–water partition coefficient (Wildman–Crippen LogP) is 3.23. The zero-order chi connectivity index (χ0) is 17.7. The molecule has 0 radical (unpaired) electrons. The second kappa shape index (κ2) is 8.03. The van der Waals surface area contributed by atoms with Gasteiger partial charge in [-0.1, -0.05) is 27.5 Å². The molecule has 0 aromatic heterocycles. The average molecular weight is 414 g/mol. The van der Waals surface area contributed by atoms with Crippen LogP contribution in [-0.4, -0.2) is 25.5 Å². The third-order valence-corrected chi connectivity index (χ3v) is 3.79. The summed E-state index contributed by atoms with van der Waals surface area (Å²) in [6, 6.07) is 9.75. The summed E-state index contributed by atoms with van der Waals surface area (Å²) in [5.74, 6) is -0.302. The quantitative estimate of drug-likeness (QED) is 0.761. The Balaban J connectivity index is 2.22. The van der Waals surface area contributed by atoms with Crippen LogP contribution in [0.5, 0.6) is 11.5 Å². The van der Waals surface area contributed by atoms with Gasteiger partial charge in [0.1, 0.15) is 0 Å². The second-order valence-corrected chi connectivity index (χ2v) is 6.02. The summed E-state index contributed by atoms with van der Waals surface area (Å²) < 4.78 is 11.1. The lowest BCUT2D eigenvalue weighted by Gasteiger charge is -2.12. The van der Waals surface area contributed by atoms with Gasteiger partial charge < -0.3 is 20.5 Å². The first-order valence-corrected chi connectivity index (χ1v) is 7.93. The van der Waals surface area contributed by atoms with E-state index in [0.29, 0.717) is 22.0 Å². The molecule has 3 N–H and O–H groups in total. The van der Waals surface area contributed by atoms with Crippen LogP contribution >= 0.6 is 27.5 Å². The molecular formula is C16H14BrClN2O4. The summed E-state index contributed by atoms with van der Waals surface area (Å²) in [5.41, 5.74) is 5.84. The molecule has 0 fully saturated rings. The number of rotatable bonds is 6. The van der Waals surface area contributed by atoms with Crippen molar-refractivity contribution in [2.24, 2.45) is 5.73 Å². The molecule has 24 heavy (non-hydrogen) atoms. The lowest BCUT2D eigenvalue weighted by Crippen LogP contribution is -2.20. The number of primary amides is 1. The standard InChI is InChI=1S/C16H14BrClN2O4/c1-23-13-5-3-10(7-14(13)24-8-15(19)21)20-16(22)11-6-9(17)2-4-12(11)18/h2-7H,8H2,1H3,(H2,19,21)(H,20,22). The van der Waals surface area contributed by atoms with Gasteiger partial charge in [0.2, 0.25) is 0 Å². The number of nitrogens with two attached hydrogens (primary N) is 1. The summed E-state index contributed by atoms with van der Waals surface area (Å²) in [6.07, 6.45) is 0. The highest BCUT2D eigenvalue weighted by Gasteiger charge is 2.13. The van der Waals surface area contributed by atoms with Gasteiger partial charge in [0, 0.05) is 16.2 Å². The van der Waals surface area contributed by atoms with E-state index in [4.69, 9.17) is 26.8 Å². The van der Waals surface area contributed by atoms with Crippen LogP contribution in [0, 0.1) is 0 Å². The molecule has 2 aromatic carbocycles.